The first-order valence-corrected chi connectivity index (χ1v) is 21.3. The minimum atomic E-state index is -0.167. The van der Waals surface area contributed by atoms with Crippen LogP contribution in [0.2, 0.25) is 0 Å². The monoisotopic (exact) mass is 761 g/mol. The van der Waals surface area contributed by atoms with Crippen LogP contribution < -0.4 is 4.90 Å². The molecular weight excluding hydrogens is 701 g/mol. The second kappa shape index (κ2) is 17.2. The zero-order chi connectivity index (χ0) is 40.2. The number of rotatable bonds is 15. The van der Waals surface area contributed by atoms with Gasteiger partial charge in [-0.15, -0.1) is 0 Å². The van der Waals surface area contributed by atoms with Crippen molar-refractivity contribution in [1.29, 1.82) is 0 Å². The smallest absolute Gasteiger partial charge is 0.305 e. The normalized spacial score (nSPS) is 18.6. The third-order valence-corrected chi connectivity index (χ3v) is 12.6. The number of carbonyl (C=O) groups excluding carboxylic acids is 2. The molecule has 4 aromatic rings. The summed E-state index contributed by atoms with van der Waals surface area (Å²) in [5.41, 5.74) is 10.5. The zero-order valence-electron chi connectivity index (χ0n) is 35.1. The molecule has 0 fully saturated rings. The van der Waals surface area contributed by atoms with Gasteiger partial charge in [-0.3, -0.25) is 4.79 Å². The van der Waals surface area contributed by atoms with Gasteiger partial charge in [-0.05, 0) is 122 Å². The van der Waals surface area contributed by atoms with Gasteiger partial charge < -0.3 is 14.4 Å². The summed E-state index contributed by atoms with van der Waals surface area (Å²) >= 11 is 0. The number of fused-ring (bicyclic) bond motifs is 6. The second-order valence-corrected chi connectivity index (χ2v) is 17.4. The number of benzene rings is 4. The molecule has 0 saturated heterocycles. The van der Waals surface area contributed by atoms with Crippen LogP contribution in [0.25, 0.3) is 21.5 Å². The van der Waals surface area contributed by atoms with Crippen molar-refractivity contribution in [2.75, 3.05) is 25.1 Å². The summed E-state index contributed by atoms with van der Waals surface area (Å²) in [5.74, 6) is 0.150. The molecule has 4 aromatic carbocycles. The Morgan fingerprint density at radius 1 is 0.737 bits per heavy atom. The standard InChI is InChI=1S/C52H61N2O3/c1-37(55)18-9-7-15-34-53-44-30-28-40-21-11-13-23-42(40)49(44)51(2,3)46(53)32-26-38-19-17-20-39(36-38)27-33-47-52(4,5)50-43-24-14-12-22-41(43)29-31-45(50)54(47)35-16-8-10-25-48(56)57-6/h11-14,21-24,26-33,36H,7-10,15-20,25,34-35H2,1-6H3/q+1. The largest absolute Gasteiger partial charge is 0.469 e. The molecule has 7 rings (SSSR count). The van der Waals surface area contributed by atoms with Crippen LogP contribution in [-0.4, -0.2) is 42.2 Å². The Bertz CT molecular complexity index is 2330. The molecule has 57 heavy (non-hydrogen) atoms. The lowest BCUT2D eigenvalue weighted by Gasteiger charge is -2.27. The summed E-state index contributed by atoms with van der Waals surface area (Å²) in [6.45, 7) is 13.1. The number of ether oxygens (including phenoxy) is 1. The first kappa shape index (κ1) is 40.2. The summed E-state index contributed by atoms with van der Waals surface area (Å²) in [4.78, 5) is 25.9. The molecule has 2 heterocycles. The highest BCUT2D eigenvalue weighted by atomic mass is 16.5. The highest BCUT2D eigenvalue weighted by molar-refractivity contribution is 6.07. The molecule has 2 aliphatic heterocycles. The minimum Gasteiger partial charge on any atom is -0.469 e. The quantitative estimate of drug-likeness (QED) is 0.0688. The molecule has 0 spiro atoms. The predicted octanol–water partition coefficient (Wildman–Crippen LogP) is 12.5. The van der Waals surface area contributed by atoms with Crippen LogP contribution in [0, 0.1) is 0 Å². The fraction of sp³-hybridized carbons (Fsp3) is 0.404. The number of methoxy groups -OCH3 is 1. The molecule has 3 aliphatic rings. The van der Waals surface area contributed by atoms with Crippen LogP contribution in [0.5, 0.6) is 0 Å². The van der Waals surface area contributed by atoms with Gasteiger partial charge in [0.15, 0.2) is 5.71 Å². The van der Waals surface area contributed by atoms with Crippen molar-refractivity contribution in [2.45, 2.75) is 116 Å². The van der Waals surface area contributed by atoms with Crippen molar-refractivity contribution < 1.29 is 18.9 Å². The van der Waals surface area contributed by atoms with Gasteiger partial charge in [0.2, 0.25) is 5.69 Å². The maximum atomic E-state index is 11.8. The number of Topliss-reactive ketones (excluding diaryl/α,β-unsaturated/α-hetero) is 1. The molecule has 1 aliphatic carbocycles. The van der Waals surface area contributed by atoms with E-state index in [0.717, 1.165) is 70.9 Å². The van der Waals surface area contributed by atoms with Crippen LogP contribution in [0.4, 0.5) is 11.4 Å². The lowest BCUT2D eigenvalue weighted by molar-refractivity contribution is -0.438. The van der Waals surface area contributed by atoms with Crippen molar-refractivity contribution in [3.8, 4) is 0 Å². The summed E-state index contributed by atoms with van der Waals surface area (Å²) in [7, 11) is 1.47. The van der Waals surface area contributed by atoms with Gasteiger partial charge in [-0.2, -0.15) is 4.58 Å². The Balaban J connectivity index is 1.18. The van der Waals surface area contributed by atoms with E-state index >= 15 is 0 Å². The van der Waals surface area contributed by atoms with E-state index in [1.807, 2.05) is 0 Å². The third kappa shape index (κ3) is 8.35. The fourth-order valence-corrected chi connectivity index (χ4v) is 9.71. The maximum absolute atomic E-state index is 11.8. The van der Waals surface area contributed by atoms with Crippen LogP contribution in [0.15, 0.2) is 120 Å². The molecule has 5 heteroatoms. The van der Waals surface area contributed by atoms with Crippen molar-refractivity contribution in [2.24, 2.45) is 0 Å². The number of hydrogen-bond acceptors (Lipinski definition) is 4. The molecule has 0 amide bonds. The Morgan fingerprint density at radius 3 is 2.16 bits per heavy atom. The van der Waals surface area contributed by atoms with Gasteiger partial charge in [0, 0.05) is 60.3 Å². The number of nitrogens with zero attached hydrogens (tertiary/aromatic N) is 2. The van der Waals surface area contributed by atoms with E-state index in [0.29, 0.717) is 12.8 Å². The minimum absolute atomic E-state index is 0.130. The van der Waals surface area contributed by atoms with Gasteiger partial charge in [-0.1, -0.05) is 93.1 Å². The molecule has 0 radical (unpaired) electrons. The van der Waals surface area contributed by atoms with Crippen molar-refractivity contribution in [3.05, 3.63) is 131 Å². The SMILES string of the molecule is COC(=O)CCCCCN1/C(=C/C=C2C=C(/C=C/C3=[N+](CCCCCC(C)=O)c4ccc5ccccc5c4C3(C)C)CCC/2)C(C)(C)c2c1ccc1ccccc21. The number of hydrogen-bond donors (Lipinski definition) is 0. The Hall–Kier alpha value is -5.03. The highest BCUT2D eigenvalue weighted by Crippen LogP contribution is 2.51. The van der Waals surface area contributed by atoms with Gasteiger partial charge in [0.25, 0.3) is 0 Å². The molecule has 0 N–H and O–H groups in total. The maximum Gasteiger partial charge on any atom is 0.305 e. The van der Waals surface area contributed by atoms with Crippen LogP contribution >= 0.6 is 0 Å². The van der Waals surface area contributed by atoms with Crippen molar-refractivity contribution >= 4 is 50.4 Å². The average Bonchev–Trinajstić information content (AvgIpc) is 3.56. The second-order valence-electron chi connectivity index (χ2n) is 17.4. The lowest BCUT2D eigenvalue weighted by Crippen LogP contribution is -2.28. The van der Waals surface area contributed by atoms with E-state index in [4.69, 9.17) is 4.74 Å². The van der Waals surface area contributed by atoms with E-state index in [1.165, 1.54) is 73.7 Å². The number of carbonyl (C=O) groups is 2. The summed E-state index contributed by atoms with van der Waals surface area (Å²) in [6.07, 6.45) is 22.3. The van der Waals surface area contributed by atoms with E-state index in [2.05, 4.69) is 140 Å². The molecule has 0 bridgehead atoms. The van der Waals surface area contributed by atoms with E-state index < -0.39 is 0 Å². The van der Waals surface area contributed by atoms with E-state index in [1.54, 1.807) is 6.92 Å². The van der Waals surface area contributed by atoms with Crippen molar-refractivity contribution in [1.82, 2.24) is 0 Å². The van der Waals surface area contributed by atoms with Crippen LogP contribution in [0.1, 0.15) is 116 Å². The van der Waals surface area contributed by atoms with E-state index in [-0.39, 0.29) is 22.6 Å². The van der Waals surface area contributed by atoms with Crippen LogP contribution in [0.3, 0.4) is 0 Å². The molecule has 296 valence electrons. The number of ketones is 1. The number of allylic oxidation sites excluding steroid dienone is 8. The number of esters is 1. The van der Waals surface area contributed by atoms with Gasteiger partial charge in [-0.25, -0.2) is 0 Å². The van der Waals surface area contributed by atoms with Gasteiger partial charge >= 0.3 is 5.97 Å². The zero-order valence-corrected chi connectivity index (χ0v) is 35.1. The Kier molecular flexibility index (Phi) is 12.1. The molecule has 0 unspecified atom stereocenters. The molecule has 0 atom stereocenters. The Labute approximate surface area is 340 Å². The predicted molar refractivity (Wildman–Crippen MR) is 238 cm³/mol. The number of anilines is 1. The molecule has 5 nitrogen and oxygen atoms in total. The van der Waals surface area contributed by atoms with E-state index in [9.17, 15) is 9.59 Å². The van der Waals surface area contributed by atoms with Crippen molar-refractivity contribution in [3.63, 3.8) is 0 Å². The van der Waals surface area contributed by atoms with Crippen LogP contribution in [-0.2, 0) is 25.2 Å². The number of unbranched alkanes of at least 4 members (excludes halogenated alkanes) is 4. The van der Waals surface area contributed by atoms with Gasteiger partial charge in [0.1, 0.15) is 12.3 Å². The lowest BCUT2D eigenvalue weighted by atomic mass is 9.79. The molecule has 0 saturated carbocycles. The summed E-state index contributed by atoms with van der Waals surface area (Å²) < 4.78 is 7.44. The first-order chi connectivity index (χ1) is 27.5. The van der Waals surface area contributed by atoms with Gasteiger partial charge in [0.05, 0.1) is 12.5 Å². The summed E-state index contributed by atoms with van der Waals surface area (Å²) in [5, 5.41) is 5.22. The molecule has 0 aromatic heterocycles. The average molecular weight is 762 g/mol. The fourth-order valence-electron chi connectivity index (χ4n) is 9.71. The third-order valence-electron chi connectivity index (χ3n) is 12.6. The Morgan fingerprint density at radius 2 is 1.42 bits per heavy atom. The first-order valence-electron chi connectivity index (χ1n) is 21.3. The molecular formula is C52H61N2O3+. The summed E-state index contributed by atoms with van der Waals surface area (Å²) in [6, 6.07) is 26.7. The highest BCUT2D eigenvalue weighted by Gasteiger charge is 2.45. The topological polar surface area (TPSA) is 49.6 Å².